The van der Waals surface area contributed by atoms with E-state index in [-0.39, 0.29) is 0 Å². The zero-order valence-corrected chi connectivity index (χ0v) is 14.0. The number of benzene rings is 1. The van der Waals surface area contributed by atoms with Gasteiger partial charge in [-0.2, -0.15) is 0 Å². The normalized spacial score (nSPS) is 35.6. The maximum atomic E-state index is 3.85. The Morgan fingerprint density at radius 1 is 1.21 bits per heavy atom. The second kappa shape index (κ2) is 4.25. The van der Waals surface area contributed by atoms with Crippen molar-refractivity contribution in [3.8, 4) is 0 Å². The minimum absolute atomic E-state index is 0.406. The van der Waals surface area contributed by atoms with Crippen LogP contribution in [0.25, 0.3) is 0 Å². The average Bonchev–Trinajstić information content (AvgIpc) is 2.74. The highest BCUT2D eigenvalue weighted by atomic mass is 79.9. The molecule has 1 nitrogen and oxygen atoms in total. The van der Waals surface area contributed by atoms with Crippen LogP contribution in [0, 0.1) is 23.7 Å². The molecular formula is C17H24BrN. The fourth-order valence-corrected chi connectivity index (χ4v) is 5.26. The molecule has 0 aromatic heterocycles. The number of fused-ring (bicyclic) bond motifs is 2. The minimum atomic E-state index is 0.406. The molecule has 2 aliphatic rings. The summed E-state index contributed by atoms with van der Waals surface area (Å²) in [5.41, 5.74) is 3.45. The van der Waals surface area contributed by atoms with Crippen molar-refractivity contribution in [2.24, 2.45) is 16.7 Å². The first-order valence-electron chi connectivity index (χ1n) is 7.35. The predicted molar refractivity (Wildman–Crippen MR) is 85.5 cm³/mol. The molecule has 3 atom stereocenters. The van der Waals surface area contributed by atoms with Gasteiger partial charge in [-0.3, -0.25) is 0 Å². The highest BCUT2D eigenvalue weighted by Gasteiger charge is 2.59. The Labute approximate surface area is 125 Å². The van der Waals surface area contributed by atoms with Gasteiger partial charge in [0.15, 0.2) is 0 Å². The van der Waals surface area contributed by atoms with Gasteiger partial charge in [-0.1, -0.05) is 36.7 Å². The molecule has 2 bridgehead atoms. The van der Waals surface area contributed by atoms with Crippen molar-refractivity contribution in [3.63, 3.8) is 0 Å². The first-order valence-corrected chi connectivity index (χ1v) is 8.14. The number of hydrogen-bond acceptors (Lipinski definition) is 1. The summed E-state index contributed by atoms with van der Waals surface area (Å²) in [6, 6.07) is 7.22. The number of rotatable bonds is 2. The number of halogens is 1. The van der Waals surface area contributed by atoms with Gasteiger partial charge in [0, 0.05) is 16.2 Å². The summed E-state index contributed by atoms with van der Waals surface area (Å²) in [7, 11) is 0. The van der Waals surface area contributed by atoms with Crippen molar-refractivity contribution < 1.29 is 0 Å². The zero-order chi connectivity index (χ0) is 13.8. The molecule has 0 saturated heterocycles. The van der Waals surface area contributed by atoms with Crippen molar-refractivity contribution in [2.75, 3.05) is 5.32 Å². The van der Waals surface area contributed by atoms with Crippen molar-refractivity contribution in [3.05, 3.63) is 28.2 Å². The van der Waals surface area contributed by atoms with Crippen LogP contribution in [0.5, 0.6) is 0 Å². The number of nitrogens with one attached hydrogen (secondary N) is 1. The van der Waals surface area contributed by atoms with E-state index in [4.69, 9.17) is 0 Å². The Morgan fingerprint density at radius 2 is 1.95 bits per heavy atom. The molecule has 3 rings (SSSR count). The largest absolute Gasteiger partial charge is 0.381 e. The molecule has 104 valence electrons. The van der Waals surface area contributed by atoms with Gasteiger partial charge in [-0.05, 0) is 66.7 Å². The lowest BCUT2D eigenvalue weighted by atomic mass is 9.68. The molecule has 0 aliphatic heterocycles. The molecule has 19 heavy (non-hydrogen) atoms. The highest BCUT2D eigenvalue weighted by molar-refractivity contribution is 9.10. The second-order valence-corrected chi connectivity index (χ2v) is 8.43. The van der Waals surface area contributed by atoms with E-state index in [9.17, 15) is 0 Å². The summed E-state index contributed by atoms with van der Waals surface area (Å²) in [6.07, 6.45) is 4.19. The number of hydrogen-bond donors (Lipinski definition) is 1. The molecule has 0 radical (unpaired) electrons. The number of aryl methyl sites for hydroxylation is 1. The van der Waals surface area contributed by atoms with Crippen LogP contribution in [0.3, 0.4) is 0 Å². The topological polar surface area (TPSA) is 12.0 Å². The molecule has 0 heterocycles. The van der Waals surface area contributed by atoms with Gasteiger partial charge in [0.1, 0.15) is 0 Å². The van der Waals surface area contributed by atoms with E-state index in [0.717, 1.165) is 5.92 Å². The van der Waals surface area contributed by atoms with E-state index in [2.05, 4.69) is 67.1 Å². The zero-order valence-electron chi connectivity index (χ0n) is 12.4. The molecular weight excluding hydrogens is 298 g/mol. The average molecular weight is 322 g/mol. The SMILES string of the molecule is Cc1cc(Br)cc(NC2C3(C)CCC(C3)C2(C)C)c1. The Balaban J connectivity index is 1.90. The first kappa shape index (κ1) is 13.5. The third kappa shape index (κ3) is 2.12. The third-order valence-corrected chi connectivity index (χ3v) is 6.08. The molecule has 0 spiro atoms. The van der Waals surface area contributed by atoms with Gasteiger partial charge in [0.25, 0.3) is 0 Å². The summed E-state index contributed by atoms with van der Waals surface area (Å²) in [5, 5.41) is 3.85. The van der Waals surface area contributed by atoms with E-state index in [1.165, 1.54) is 35.0 Å². The van der Waals surface area contributed by atoms with Crippen LogP contribution in [0.1, 0.15) is 45.6 Å². The van der Waals surface area contributed by atoms with Gasteiger partial charge in [-0.15, -0.1) is 0 Å². The maximum absolute atomic E-state index is 3.85. The number of anilines is 1. The van der Waals surface area contributed by atoms with Crippen LogP contribution < -0.4 is 5.32 Å². The summed E-state index contributed by atoms with van der Waals surface area (Å²) in [6.45, 7) is 9.53. The van der Waals surface area contributed by atoms with Crippen molar-refractivity contribution >= 4 is 21.6 Å². The fourth-order valence-electron chi connectivity index (χ4n) is 4.65. The summed E-state index contributed by atoms with van der Waals surface area (Å²) in [5.74, 6) is 0.892. The predicted octanol–water partition coefficient (Wildman–Crippen LogP) is 5.38. The lowest BCUT2D eigenvalue weighted by Gasteiger charge is -2.43. The molecule has 1 aromatic carbocycles. The molecule has 2 aliphatic carbocycles. The Bertz CT molecular complexity index is 483. The van der Waals surface area contributed by atoms with Crippen molar-refractivity contribution in [1.29, 1.82) is 0 Å². The summed E-state index contributed by atoms with van der Waals surface area (Å²) in [4.78, 5) is 0. The molecule has 1 N–H and O–H groups in total. The van der Waals surface area contributed by atoms with Gasteiger partial charge in [-0.25, -0.2) is 0 Å². The lowest BCUT2D eigenvalue weighted by Crippen LogP contribution is -2.45. The summed E-state index contributed by atoms with van der Waals surface area (Å²) < 4.78 is 1.17. The van der Waals surface area contributed by atoms with E-state index >= 15 is 0 Å². The van der Waals surface area contributed by atoms with Crippen molar-refractivity contribution in [1.82, 2.24) is 0 Å². The second-order valence-electron chi connectivity index (χ2n) is 7.51. The van der Waals surface area contributed by atoms with Crippen LogP contribution in [0.15, 0.2) is 22.7 Å². The first-order chi connectivity index (χ1) is 8.81. The van der Waals surface area contributed by atoms with Gasteiger partial charge >= 0.3 is 0 Å². The van der Waals surface area contributed by atoms with Crippen LogP contribution >= 0.6 is 15.9 Å². The standard InChI is InChI=1S/C17H24BrN/c1-11-7-13(18)9-14(8-11)19-15-16(2,3)12-5-6-17(15,4)10-12/h7-9,12,15,19H,5-6,10H2,1-4H3. The maximum Gasteiger partial charge on any atom is 0.0368 e. The van der Waals surface area contributed by atoms with E-state index in [0.29, 0.717) is 16.9 Å². The Morgan fingerprint density at radius 3 is 2.53 bits per heavy atom. The molecule has 3 unspecified atom stereocenters. The molecule has 1 aromatic rings. The molecule has 2 heteroatoms. The Kier molecular flexibility index (Phi) is 3.01. The van der Waals surface area contributed by atoms with E-state index < -0.39 is 0 Å². The van der Waals surface area contributed by atoms with Gasteiger partial charge < -0.3 is 5.32 Å². The molecule has 2 saturated carbocycles. The van der Waals surface area contributed by atoms with E-state index in [1.54, 1.807) is 0 Å². The van der Waals surface area contributed by atoms with Crippen LogP contribution in [0.4, 0.5) is 5.69 Å². The highest BCUT2D eigenvalue weighted by Crippen LogP contribution is 2.63. The van der Waals surface area contributed by atoms with Crippen LogP contribution in [-0.2, 0) is 0 Å². The van der Waals surface area contributed by atoms with E-state index in [1.807, 2.05) is 0 Å². The van der Waals surface area contributed by atoms with Gasteiger partial charge in [0.2, 0.25) is 0 Å². The minimum Gasteiger partial charge on any atom is -0.381 e. The molecule has 2 fully saturated rings. The summed E-state index contributed by atoms with van der Waals surface area (Å²) >= 11 is 3.61. The van der Waals surface area contributed by atoms with Gasteiger partial charge in [0.05, 0.1) is 0 Å². The smallest absolute Gasteiger partial charge is 0.0368 e. The quantitative estimate of drug-likeness (QED) is 0.770. The lowest BCUT2D eigenvalue weighted by molar-refractivity contribution is 0.155. The molecule has 0 amide bonds. The Hall–Kier alpha value is -0.500. The van der Waals surface area contributed by atoms with Crippen LogP contribution in [-0.4, -0.2) is 6.04 Å². The van der Waals surface area contributed by atoms with Crippen LogP contribution in [0.2, 0.25) is 0 Å². The monoisotopic (exact) mass is 321 g/mol. The fraction of sp³-hybridized carbons (Fsp3) is 0.647. The van der Waals surface area contributed by atoms with Crippen molar-refractivity contribution in [2.45, 2.75) is 53.0 Å². The third-order valence-electron chi connectivity index (χ3n) is 5.62.